The van der Waals surface area contributed by atoms with Crippen molar-refractivity contribution in [3.63, 3.8) is 0 Å². The molecule has 0 saturated carbocycles. The number of halogens is 1. The highest BCUT2D eigenvalue weighted by atomic mass is 19.1. The van der Waals surface area contributed by atoms with Gasteiger partial charge in [-0.1, -0.05) is 12.1 Å². The van der Waals surface area contributed by atoms with E-state index in [1.807, 2.05) is 6.92 Å². The van der Waals surface area contributed by atoms with Crippen LogP contribution in [-0.2, 0) is 9.53 Å². The van der Waals surface area contributed by atoms with Crippen LogP contribution in [0, 0.1) is 5.82 Å². The Balaban J connectivity index is 1.96. The largest absolute Gasteiger partial charge is 0.375 e. The number of morpholine rings is 1. The Kier molecular flexibility index (Phi) is 4.10. The summed E-state index contributed by atoms with van der Waals surface area (Å²) in [7, 11) is 0. The Morgan fingerprint density at radius 1 is 1.44 bits per heavy atom. The number of benzene rings is 1. The van der Waals surface area contributed by atoms with Gasteiger partial charge in [-0.05, 0) is 30.7 Å². The molecule has 2 rings (SSSR count). The van der Waals surface area contributed by atoms with Gasteiger partial charge in [0.1, 0.15) is 5.82 Å². The van der Waals surface area contributed by atoms with Crippen LogP contribution >= 0.6 is 0 Å². The summed E-state index contributed by atoms with van der Waals surface area (Å²) in [6.45, 7) is 3.77. The number of carbonyl (C=O) groups excluding carboxylic acids is 1. The van der Waals surface area contributed by atoms with E-state index in [9.17, 15) is 9.18 Å². The molecule has 1 amide bonds. The predicted molar refractivity (Wildman–Crippen MR) is 67.4 cm³/mol. The third-order valence-electron chi connectivity index (χ3n) is 2.84. The van der Waals surface area contributed by atoms with Gasteiger partial charge < -0.3 is 9.64 Å². The summed E-state index contributed by atoms with van der Waals surface area (Å²) in [4.78, 5) is 13.7. The van der Waals surface area contributed by atoms with E-state index in [0.717, 1.165) is 5.56 Å². The maximum atomic E-state index is 12.7. The molecule has 0 aliphatic carbocycles. The minimum atomic E-state index is -0.277. The highest BCUT2D eigenvalue weighted by molar-refractivity contribution is 5.91. The van der Waals surface area contributed by atoms with Gasteiger partial charge in [0.05, 0.1) is 12.7 Å². The first-order valence-corrected chi connectivity index (χ1v) is 5.99. The van der Waals surface area contributed by atoms with Crippen LogP contribution in [0.2, 0.25) is 0 Å². The first-order valence-electron chi connectivity index (χ1n) is 5.99. The lowest BCUT2D eigenvalue weighted by atomic mass is 10.2. The first-order chi connectivity index (χ1) is 8.65. The van der Waals surface area contributed by atoms with Gasteiger partial charge >= 0.3 is 0 Å². The zero-order chi connectivity index (χ0) is 13.0. The van der Waals surface area contributed by atoms with Crippen molar-refractivity contribution in [3.8, 4) is 0 Å². The molecule has 0 spiro atoms. The van der Waals surface area contributed by atoms with E-state index in [1.54, 1.807) is 23.1 Å². The van der Waals surface area contributed by atoms with Gasteiger partial charge in [-0.2, -0.15) is 0 Å². The number of carbonyl (C=O) groups is 1. The average Bonchev–Trinajstić information content (AvgIpc) is 2.38. The molecule has 96 valence electrons. The van der Waals surface area contributed by atoms with Gasteiger partial charge in [0.25, 0.3) is 0 Å². The maximum absolute atomic E-state index is 12.7. The van der Waals surface area contributed by atoms with E-state index in [0.29, 0.717) is 19.7 Å². The van der Waals surface area contributed by atoms with Crippen LogP contribution in [0.5, 0.6) is 0 Å². The van der Waals surface area contributed by atoms with E-state index in [4.69, 9.17) is 4.74 Å². The lowest BCUT2D eigenvalue weighted by Gasteiger charge is -2.30. The topological polar surface area (TPSA) is 29.5 Å². The van der Waals surface area contributed by atoms with Crippen LogP contribution in [0.15, 0.2) is 30.3 Å². The third kappa shape index (κ3) is 3.40. The summed E-state index contributed by atoms with van der Waals surface area (Å²) in [5, 5.41) is 0. The molecule has 0 N–H and O–H groups in total. The fraction of sp³-hybridized carbons (Fsp3) is 0.357. The van der Waals surface area contributed by atoms with Crippen molar-refractivity contribution in [1.29, 1.82) is 0 Å². The predicted octanol–water partition coefficient (Wildman–Crippen LogP) is 2.09. The van der Waals surface area contributed by atoms with Crippen LogP contribution in [0.25, 0.3) is 6.08 Å². The second-order valence-electron chi connectivity index (χ2n) is 4.35. The fourth-order valence-corrected chi connectivity index (χ4v) is 1.87. The molecule has 1 aliphatic rings. The minimum Gasteiger partial charge on any atom is -0.375 e. The molecular formula is C14H16FNO2. The summed E-state index contributed by atoms with van der Waals surface area (Å²) in [6.07, 6.45) is 3.30. The Morgan fingerprint density at radius 2 is 2.17 bits per heavy atom. The van der Waals surface area contributed by atoms with Crippen molar-refractivity contribution >= 4 is 12.0 Å². The van der Waals surface area contributed by atoms with E-state index in [-0.39, 0.29) is 17.8 Å². The van der Waals surface area contributed by atoms with Crippen LogP contribution in [0.1, 0.15) is 12.5 Å². The molecule has 0 radical (unpaired) electrons. The first kappa shape index (κ1) is 12.8. The number of nitrogens with zero attached hydrogens (tertiary/aromatic N) is 1. The van der Waals surface area contributed by atoms with Crippen molar-refractivity contribution in [3.05, 3.63) is 41.7 Å². The molecule has 1 saturated heterocycles. The minimum absolute atomic E-state index is 0.0329. The number of amides is 1. The second kappa shape index (κ2) is 5.78. The molecule has 1 aliphatic heterocycles. The number of hydrogen-bond acceptors (Lipinski definition) is 2. The van der Waals surface area contributed by atoms with Gasteiger partial charge in [0, 0.05) is 19.2 Å². The van der Waals surface area contributed by atoms with Crippen molar-refractivity contribution in [2.75, 3.05) is 19.7 Å². The van der Waals surface area contributed by atoms with Gasteiger partial charge in [-0.25, -0.2) is 4.39 Å². The van der Waals surface area contributed by atoms with Crippen molar-refractivity contribution in [1.82, 2.24) is 4.90 Å². The molecule has 4 heteroatoms. The lowest BCUT2D eigenvalue weighted by molar-refractivity contribution is -0.132. The lowest BCUT2D eigenvalue weighted by Crippen LogP contribution is -2.43. The third-order valence-corrected chi connectivity index (χ3v) is 2.84. The summed E-state index contributed by atoms with van der Waals surface area (Å²) in [5.41, 5.74) is 0.811. The summed E-state index contributed by atoms with van der Waals surface area (Å²) in [6, 6.07) is 6.03. The molecule has 0 bridgehead atoms. The van der Waals surface area contributed by atoms with Crippen LogP contribution in [0.3, 0.4) is 0 Å². The Labute approximate surface area is 106 Å². The zero-order valence-corrected chi connectivity index (χ0v) is 10.3. The molecule has 0 aromatic heterocycles. The van der Waals surface area contributed by atoms with Crippen molar-refractivity contribution in [2.24, 2.45) is 0 Å². The molecule has 1 heterocycles. The quantitative estimate of drug-likeness (QED) is 0.751. The van der Waals surface area contributed by atoms with Crippen LogP contribution in [0.4, 0.5) is 4.39 Å². The molecule has 1 atom stereocenters. The Bertz CT molecular complexity index is 442. The zero-order valence-electron chi connectivity index (χ0n) is 10.3. The Hall–Kier alpha value is -1.68. The van der Waals surface area contributed by atoms with E-state index in [1.165, 1.54) is 18.2 Å². The fourth-order valence-electron chi connectivity index (χ4n) is 1.87. The smallest absolute Gasteiger partial charge is 0.246 e. The van der Waals surface area contributed by atoms with Gasteiger partial charge in [-0.15, -0.1) is 0 Å². The number of hydrogen-bond donors (Lipinski definition) is 0. The van der Waals surface area contributed by atoms with E-state index < -0.39 is 0 Å². The van der Waals surface area contributed by atoms with Crippen molar-refractivity contribution in [2.45, 2.75) is 13.0 Å². The van der Waals surface area contributed by atoms with Crippen molar-refractivity contribution < 1.29 is 13.9 Å². The number of rotatable bonds is 2. The average molecular weight is 249 g/mol. The van der Waals surface area contributed by atoms with Crippen LogP contribution < -0.4 is 0 Å². The molecule has 1 unspecified atom stereocenters. The highest BCUT2D eigenvalue weighted by Gasteiger charge is 2.19. The molecule has 1 fully saturated rings. The molecule has 18 heavy (non-hydrogen) atoms. The molecule has 1 aromatic rings. The van der Waals surface area contributed by atoms with Gasteiger partial charge in [0.15, 0.2) is 0 Å². The number of ether oxygens (including phenoxy) is 1. The molecule has 3 nitrogen and oxygen atoms in total. The SMILES string of the molecule is CC1CN(C(=O)/C=C/c2ccc(F)cc2)CCO1. The van der Waals surface area contributed by atoms with E-state index in [2.05, 4.69) is 0 Å². The normalized spacial score (nSPS) is 20.3. The van der Waals surface area contributed by atoms with E-state index >= 15 is 0 Å². The van der Waals surface area contributed by atoms with Gasteiger partial charge in [-0.3, -0.25) is 4.79 Å². The summed E-state index contributed by atoms with van der Waals surface area (Å²) < 4.78 is 18.1. The monoisotopic (exact) mass is 249 g/mol. The summed E-state index contributed by atoms with van der Waals surface area (Å²) in [5.74, 6) is -0.310. The second-order valence-corrected chi connectivity index (χ2v) is 4.35. The molecular weight excluding hydrogens is 233 g/mol. The highest BCUT2D eigenvalue weighted by Crippen LogP contribution is 2.08. The van der Waals surface area contributed by atoms with Crippen LogP contribution in [-0.4, -0.2) is 36.6 Å². The van der Waals surface area contributed by atoms with Gasteiger partial charge in [0.2, 0.25) is 5.91 Å². The maximum Gasteiger partial charge on any atom is 0.246 e. The molecule has 1 aromatic carbocycles. The summed E-state index contributed by atoms with van der Waals surface area (Å²) >= 11 is 0. The standard InChI is InChI=1S/C14H16FNO2/c1-11-10-16(8-9-18-11)14(17)7-4-12-2-5-13(15)6-3-12/h2-7,11H,8-10H2,1H3/b7-4+. The Morgan fingerprint density at radius 3 is 2.83 bits per heavy atom.